The van der Waals surface area contributed by atoms with Gasteiger partial charge in [-0.3, -0.25) is 9.78 Å². The molecule has 0 fully saturated rings. The summed E-state index contributed by atoms with van der Waals surface area (Å²) >= 11 is 0. The average molecular weight is 408 g/mol. The maximum atomic E-state index is 12.9. The van der Waals surface area contributed by atoms with Crippen molar-refractivity contribution in [2.75, 3.05) is 18.5 Å². The van der Waals surface area contributed by atoms with Crippen molar-refractivity contribution in [3.8, 4) is 11.5 Å². The second-order valence-corrected chi connectivity index (χ2v) is 7.22. The van der Waals surface area contributed by atoms with Crippen LogP contribution in [-0.4, -0.2) is 30.1 Å². The van der Waals surface area contributed by atoms with Crippen LogP contribution in [0.25, 0.3) is 10.8 Å². The monoisotopic (exact) mass is 407 g/mol. The van der Waals surface area contributed by atoms with Crippen LogP contribution in [0.5, 0.6) is 11.5 Å². The van der Waals surface area contributed by atoms with Gasteiger partial charge in [0.2, 0.25) is 5.91 Å². The van der Waals surface area contributed by atoms with Crippen molar-refractivity contribution >= 4 is 22.4 Å². The molecule has 30 heavy (non-hydrogen) atoms. The second-order valence-electron chi connectivity index (χ2n) is 7.22. The van der Waals surface area contributed by atoms with Gasteiger partial charge in [0.1, 0.15) is 6.04 Å². The van der Waals surface area contributed by atoms with E-state index in [1.54, 1.807) is 6.20 Å². The van der Waals surface area contributed by atoms with Gasteiger partial charge in [0.25, 0.3) is 0 Å². The van der Waals surface area contributed by atoms with E-state index >= 15 is 0 Å². The number of fused-ring (bicyclic) bond motifs is 1. The fourth-order valence-corrected chi connectivity index (χ4v) is 3.24. The Morgan fingerprint density at radius 2 is 1.87 bits per heavy atom. The Hall–Kier alpha value is -3.28. The number of carbonyl (C=O) groups is 1. The van der Waals surface area contributed by atoms with Crippen molar-refractivity contribution < 1.29 is 14.3 Å². The number of hydrogen-bond donors (Lipinski definition) is 2. The number of likely N-dealkylation sites (N-methyl/N-ethyl adjacent to an activating group) is 1. The maximum Gasteiger partial charge on any atom is 0.247 e. The van der Waals surface area contributed by atoms with E-state index < -0.39 is 6.04 Å². The third-order valence-corrected chi connectivity index (χ3v) is 4.53. The topological polar surface area (TPSA) is 72.5 Å². The Bertz CT molecular complexity index is 1000. The molecular formula is C24H29N3O3. The summed E-state index contributed by atoms with van der Waals surface area (Å²) in [4.78, 5) is 17.0. The third kappa shape index (κ3) is 5.20. The zero-order valence-corrected chi connectivity index (χ0v) is 17.9. The number of benzene rings is 2. The quantitative estimate of drug-likeness (QED) is 0.537. The highest BCUT2D eigenvalue weighted by Crippen LogP contribution is 2.33. The van der Waals surface area contributed by atoms with E-state index in [4.69, 9.17) is 9.47 Å². The molecule has 0 saturated carbocycles. The molecule has 0 aliphatic rings. The van der Waals surface area contributed by atoms with E-state index in [0.717, 1.165) is 22.0 Å². The Balaban J connectivity index is 1.96. The summed E-state index contributed by atoms with van der Waals surface area (Å²) in [5, 5.41) is 8.39. The summed E-state index contributed by atoms with van der Waals surface area (Å²) in [5.74, 6) is 1.19. The van der Waals surface area contributed by atoms with E-state index in [9.17, 15) is 4.79 Å². The lowest BCUT2D eigenvalue weighted by Crippen LogP contribution is -2.33. The molecule has 6 heteroatoms. The predicted octanol–water partition coefficient (Wildman–Crippen LogP) is 4.71. The molecule has 0 bridgehead atoms. The van der Waals surface area contributed by atoms with Crippen LogP contribution in [0.3, 0.4) is 0 Å². The number of amides is 1. The van der Waals surface area contributed by atoms with Crippen LogP contribution in [0.2, 0.25) is 0 Å². The standard InChI is InChI=1S/C24H29N3O3/c1-5-26-24(28)23(27-20-9-7-19-15-25-12-11-17(19)13-20)18-8-10-21(30-16(3)4)22(14-18)29-6-2/h7-16,23,27H,5-6H2,1-4H3,(H,26,28). The lowest BCUT2D eigenvalue weighted by atomic mass is 10.0. The lowest BCUT2D eigenvalue weighted by molar-refractivity contribution is -0.121. The van der Waals surface area contributed by atoms with Crippen LogP contribution in [-0.2, 0) is 4.79 Å². The molecule has 0 radical (unpaired) electrons. The number of anilines is 1. The largest absolute Gasteiger partial charge is 0.490 e. The minimum atomic E-state index is -0.573. The van der Waals surface area contributed by atoms with Crippen molar-refractivity contribution in [1.82, 2.24) is 10.3 Å². The van der Waals surface area contributed by atoms with Crippen molar-refractivity contribution in [3.63, 3.8) is 0 Å². The maximum absolute atomic E-state index is 12.9. The fraction of sp³-hybridized carbons (Fsp3) is 0.333. The molecule has 6 nitrogen and oxygen atoms in total. The van der Waals surface area contributed by atoms with Crippen LogP contribution in [0.1, 0.15) is 39.3 Å². The molecule has 0 spiro atoms. The number of carbonyl (C=O) groups excluding carboxylic acids is 1. The van der Waals surface area contributed by atoms with Gasteiger partial charge in [-0.05, 0) is 69.0 Å². The number of rotatable bonds is 9. The van der Waals surface area contributed by atoms with Gasteiger partial charge < -0.3 is 20.1 Å². The molecule has 1 atom stereocenters. The zero-order valence-electron chi connectivity index (χ0n) is 17.9. The highest BCUT2D eigenvalue weighted by molar-refractivity contribution is 5.89. The van der Waals surface area contributed by atoms with Crippen molar-refractivity contribution in [1.29, 1.82) is 0 Å². The molecule has 2 N–H and O–H groups in total. The van der Waals surface area contributed by atoms with Crippen LogP contribution in [0, 0.1) is 0 Å². The summed E-state index contributed by atoms with van der Waals surface area (Å²) in [7, 11) is 0. The molecule has 1 amide bonds. The predicted molar refractivity (Wildman–Crippen MR) is 120 cm³/mol. The molecule has 3 aromatic rings. The molecule has 3 rings (SSSR count). The first-order valence-corrected chi connectivity index (χ1v) is 10.3. The third-order valence-electron chi connectivity index (χ3n) is 4.53. The van der Waals surface area contributed by atoms with E-state index in [1.807, 2.05) is 76.4 Å². The minimum absolute atomic E-state index is 0.0273. The van der Waals surface area contributed by atoms with Crippen LogP contribution < -0.4 is 20.1 Å². The smallest absolute Gasteiger partial charge is 0.247 e. The van der Waals surface area contributed by atoms with Gasteiger partial charge in [-0.25, -0.2) is 0 Å². The molecule has 2 aromatic carbocycles. The fourth-order valence-electron chi connectivity index (χ4n) is 3.24. The second kappa shape index (κ2) is 9.96. The Morgan fingerprint density at radius 3 is 2.60 bits per heavy atom. The van der Waals surface area contributed by atoms with Gasteiger partial charge in [0, 0.05) is 30.0 Å². The summed E-state index contributed by atoms with van der Waals surface area (Å²) in [6.45, 7) is 8.83. The van der Waals surface area contributed by atoms with E-state index in [-0.39, 0.29) is 12.0 Å². The summed E-state index contributed by atoms with van der Waals surface area (Å²) < 4.78 is 11.6. The molecular weight excluding hydrogens is 378 g/mol. The highest BCUT2D eigenvalue weighted by atomic mass is 16.5. The minimum Gasteiger partial charge on any atom is -0.490 e. The van der Waals surface area contributed by atoms with Crippen molar-refractivity contribution in [2.45, 2.75) is 39.8 Å². The van der Waals surface area contributed by atoms with Crippen molar-refractivity contribution in [3.05, 3.63) is 60.4 Å². The number of nitrogens with one attached hydrogen (secondary N) is 2. The lowest BCUT2D eigenvalue weighted by Gasteiger charge is -2.22. The molecule has 1 aromatic heterocycles. The summed E-state index contributed by atoms with van der Waals surface area (Å²) in [5.41, 5.74) is 1.65. The van der Waals surface area contributed by atoms with Gasteiger partial charge in [-0.2, -0.15) is 0 Å². The van der Waals surface area contributed by atoms with Gasteiger partial charge in [-0.1, -0.05) is 12.1 Å². The summed E-state index contributed by atoms with van der Waals surface area (Å²) in [6.07, 6.45) is 3.61. The first kappa shape index (κ1) is 21.4. The number of hydrogen-bond acceptors (Lipinski definition) is 5. The normalized spacial score (nSPS) is 11.9. The van der Waals surface area contributed by atoms with Crippen molar-refractivity contribution in [2.24, 2.45) is 0 Å². The van der Waals surface area contributed by atoms with Crippen LogP contribution >= 0.6 is 0 Å². The van der Waals surface area contributed by atoms with Gasteiger partial charge >= 0.3 is 0 Å². The molecule has 1 heterocycles. The zero-order chi connectivity index (χ0) is 21.5. The number of ether oxygens (including phenoxy) is 2. The van der Waals surface area contributed by atoms with Gasteiger partial charge in [0.05, 0.1) is 12.7 Å². The molecule has 1 unspecified atom stereocenters. The van der Waals surface area contributed by atoms with E-state index in [2.05, 4.69) is 15.6 Å². The van der Waals surface area contributed by atoms with Crippen LogP contribution in [0.15, 0.2) is 54.9 Å². The van der Waals surface area contributed by atoms with E-state index in [1.165, 1.54) is 0 Å². The molecule has 0 aliphatic carbocycles. The average Bonchev–Trinajstić information content (AvgIpc) is 2.73. The first-order valence-electron chi connectivity index (χ1n) is 10.3. The summed E-state index contributed by atoms with van der Waals surface area (Å²) in [6, 6.07) is 13.0. The Labute approximate surface area is 177 Å². The number of aromatic nitrogens is 1. The Morgan fingerprint density at radius 1 is 1.03 bits per heavy atom. The van der Waals surface area contributed by atoms with E-state index in [0.29, 0.717) is 24.7 Å². The molecule has 0 saturated heterocycles. The Kier molecular flexibility index (Phi) is 7.12. The number of nitrogens with zero attached hydrogens (tertiary/aromatic N) is 1. The number of pyridine rings is 1. The first-order chi connectivity index (χ1) is 14.5. The molecule has 0 aliphatic heterocycles. The SMILES string of the molecule is CCNC(=O)C(Nc1ccc2cnccc2c1)c1ccc(OC(C)C)c(OCC)c1. The highest BCUT2D eigenvalue weighted by Gasteiger charge is 2.22. The van der Waals surface area contributed by atoms with Gasteiger partial charge in [0.15, 0.2) is 11.5 Å². The van der Waals surface area contributed by atoms with Crippen LogP contribution in [0.4, 0.5) is 5.69 Å². The molecule has 158 valence electrons. The van der Waals surface area contributed by atoms with Gasteiger partial charge in [-0.15, -0.1) is 0 Å².